The maximum atomic E-state index is 13.1. The van der Waals surface area contributed by atoms with Crippen LogP contribution in [0.15, 0.2) is 66.4 Å². The monoisotopic (exact) mass is 484 g/mol. The zero-order valence-electron chi connectivity index (χ0n) is 20.3. The van der Waals surface area contributed by atoms with E-state index in [0.717, 1.165) is 42.6 Å². The number of likely N-dealkylation sites (tertiary alicyclic amines) is 1. The van der Waals surface area contributed by atoms with Gasteiger partial charge in [-0.25, -0.2) is 4.98 Å². The highest BCUT2D eigenvalue weighted by atomic mass is 16.1. The van der Waals surface area contributed by atoms with E-state index in [2.05, 4.69) is 39.2 Å². The van der Waals surface area contributed by atoms with E-state index in [1.165, 1.54) is 10.6 Å². The van der Waals surface area contributed by atoms with Crippen LogP contribution in [0.2, 0.25) is 0 Å². The van der Waals surface area contributed by atoms with Gasteiger partial charge in [0.15, 0.2) is 5.65 Å². The molecule has 0 saturated carbocycles. The van der Waals surface area contributed by atoms with Gasteiger partial charge in [-0.2, -0.15) is 10.1 Å². The Balaban J connectivity index is 1.49. The lowest BCUT2D eigenvalue weighted by molar-refractivity contribution is -0.111. The van der Waals surface area contributed by atoms with E-state index in [1.54, 1.807) is 42.7 Å². The highest BCUT2D eigenvalue weighted by Crippen LogP contribution is 2.25. The average Bonchev–Trinajstić information content (AvgIpc) is 3.33. The molecule has 4 aromatic rings. The van der Waals surface area contributed by atoms with Crippen molar-refractivity contribution in [3.63, 3.8) is 0 Å². The predicted molar refractivity (Wildman–Crippen MR) is 140 cm³/mol. The summed E-state index contributed by atoms with van der Waals surface area (Å²) in [7, 11) is 2.14. The molecule has 3 aromatic heterocycles. The molecule has 0 atom stereocenters. The van der Waals surface area contributed by atoms with E-state index < -0.39 is 0 Å². The maximum Gasteiger partial charge on any atom is 0.257 e. The van der Waals surface area contributed by atoms with Gasteiger partial charge in [0.05, 0.1) is 23.6 Å². The second kappa shape index (κ2) is 9.74. The van der Waals surface area contributed by atoms with Crippen LogP contribution in [-0.4, -0.2) is 55.3 Å². The second-order valence-electron chi connectivity index (χ2n) is 9.04. The van der Waals surface area contributed by atoms with E-state index in [-0.39, 0.29) is 11.5 Å². The van der Waals surface area contributed by atoms with Gasteiger partial charge < -0.3 is 15.5 Å². The molecule has 0 unspecified atom stereocenters. The summed E-state index contributed by atoms with van der Waals surface area (Å²) in [6.07, 6.45) is 8.75. The molecule has 4 heterocycles. The first kappa shape index (κ1) is 23.4. The number of fused-ring (bicyclic) bond motifs is 1. The predicted octanol–water partition coefficient (Wildman–Crippen LogP) is 3.42. The summed E-state index contributed by atoms with van der Waals surface area (Å²) in [4.78, 5) is 36.3. The Morgan fingerprint density at radius 3 is 2.75 bits per heavy atom. The molecule has 2 N–H and O–H groups in total. The molecule has 0 bridgehead atoms. The Kier molecular flexibility index (Phi) is 6.34. The Labute approximate surface area is 208 Å². The molecule has 10 heteroatoms. The third-order valence-electron chi connectivity index (χ3n) is 6.44. The molecular weight excluding hydrogens is 456 g/mol. The van der Waals surface area contributed by atoms with Gasteiger partial charge in [0.1, 0.15) is 0 Å². The van der Waals surface area contributed by atoms with Crippen LogP contribution in [0.5, 0.6) is 0 Å². The number of piperidine rings is 1. The van der Waals surface area contributed by atoms with Crippen molar-refractivity contribution in [2.75, 3.05) is 30.8 Å². The number of nitrogens with zero attached hydrogens (tertiary/aromatic N) is 6. The number of aromatic nitrogens is 5. The summed E-state index contributed by atoms with van der Waals surface area (Å²) in [6.45, 7) is 7.44. The highest BCUT2D eigenvalue weighted by Gasteiger charge is 2.19. The zero-order valence-corrected chi connectivity index (χ0v) is 20.3. The van der Waals surface area contributed by atoms with Gasteiger partial charge in [0.25, 0.3) is 5.56 Å². The fourth-order valence-electron chi connectivity index (χ4n) is 4.47. The lowest BCUT2D eigenvalue weighted by Gasteiger charge is -2.28. The van der Waals surface area contributed by atoms with Crippen LogP contribution in [0.25, 0.3) is 16.7 Å². The molecule has 10 nitrogen and oxygen atoms in total. The molecule has 5 rings (SSSR count). The molecule has 1 amide bonds. The standard InChI is InChI=1S/C26H28N8O2/c1-4-23(35)29-18-6-5-7-21(13-18)34-24(36)12-17(2)22-15-27-26(31-25(22)34)30-19-14-28-33(16-19)20-8-10-32(3)11-9-20/h4-7,12-16,20H,1,8-11H2,2-3H3,(H,29,35)(H,27,30,31). The minimum Gasteiger partial charge on any atom is -0.322 e. The number of pyridine rings is 1. The van der Waals surface area contributed by atoms with Gasteiger partial charge in [0, 0.05) is 29.5 Å². The van der Waals surface area contributed by atoms with Crippen molar-refractivity contribution in [3.05, 3.63) is 77.5 Å². The van der Waals surface area contributed by atoms with Crippen molar-refractivity contribution in [3.8, 4) is 5.69 Å². The molecule has 1 aliphatic rings. The number of carbonyl (C=O) groups excluding carboxylic acids is 1. The van der Waals surface area contributed by atoms with Crippen molar-refractivity contribution in [1.82, 2.24) is 29.2 Å². The third-order valence-corrected chi connectivity index (χ3v) is 6.44. The topological polar surface area (TPSA) is 110 Å². The number of hydrogen-bond donors (Lipinski definition) is 2. The fourth-order valence-corrected chi connectivity index (χ4v) is 4.47. The van der Waals surface area contributed by atoms with Gasteiger partial charge in [-0.05, 0) is 69.7 Å². The molecular formula is C26H28N8O2. The van der Waals surface area contributed by atoms with Crippen molar-refractivity contribution in [1.29, 1.82) is 0 Å². The summed E-state index contributed by atoms with van der Waals surface area (Å²) in [6, 6.07) is 8.95. The van der Waals surface area contributed by atoms with Crippen LogP contribution >= 0.6 is 0 Å². The summed E-state index contributed by atoms with van der Waals surface area (Å²) in [5.41, 5.74) is 2.92. The first-order valence-corrected chi connectivity index (χ1v) is 11.8. The quantitative estimate of drug-likeness (QED) is 0.404. The first-order chi connectivity index (χ1) is 17.4. The average molecular weight is 485 g/mol. The van der Waals surface area contributed by atoms with Crippen LogP contribution in [0, 0.1) is 6.92 Å². The molecule has 0 radical (unpaired) electrons. The normalized spacial score (nSPS) is 14.6. The van der Waals surface area contributed by atoms with E-state index in [1.807, 2.05) is 17.8 Å². The van der Waals surface area contributed by atoms with E-state index in [9.17, 15) is 9.59 Å². The van der Waals surface area contributed by atoms with Gasteiger partial charge in [-0.3, -0.25) is 18.8 Å². The largest absolute Gasteiger partial charge is 0.322 e. The Morgan fingerprint density at radius 1 is 1.17 bits per heavy atom. The molecule has 36 heavy (non-hydrogen) atoms. The third kappa shape index (κ3) is 4.76. The van der Waals surface area contributed by atoms with Gasteiger partial charge in [-0.1, -0.05) is 12.6 Å². The molecule has 1 aliphatic heterocycles. The van der Waals surface area contributed by atoms with Crippen LogP contribution in [0.3, 0.4) is 0 Å². The SMILES string of the molecule is C=CC(=O)Nc1cccc(-n2c(=O)cc(C)c3cnc(Nc4cnn(C5CCN(C)CC5)c4)nc32)c1. The van der Waals surface area contributed by atoms with Gasteiger partial charge in [-0.15, -0.1) is 0 Å². The lowest BCUT2D eigenvalue weighted by atomic mass is 10.1. The summed E-state index contributed by atoms with van der Waals surface area (Å²) in [5.74, 6) is 0.0307. The maximum absolute atomic E-state index is 13.1. The van der Waals surface area contributed by atoms with Gasteiger partial charge in [0.2, 0.25) is 11.9 Å². The number of nitrogens with one attached hydrogen (secondary N) is 2. The minimum atomic E-state index is -0.331. The molecule has 0 spiro atoms. The fraction of sp³-hybridized carbons (Fsp3) is 0.269. The molecule has 0 aliphatic carbocycles. The summed E-state index contributed by atoms with van der Waals surface area (Å²) < 4.78 is 3.51. The Morgan fingerprint density at radius 2 is 1.97 bits per heavy atom. The lowest BCUT2D eigenvalue weighted by Crippen LogP contribution is -2.31. The summed E-state index contributed by atoms with van der Waals surface area (Å²) in [5, 5.41) is 11.2. The second-order valence-corrected chi connectivity index (χ2v) is 9.04. The van der Waals surface area contributed by atoms with Crippen molar-refractivity contribution in [2.24, 2.45) is 0 Å². The summed E-state index contributed by atoms with van der Waals surface area (Å²) >= 11 is 0. The smallest absolute Gasteiger partial charge is 0.257 e. The van der Waals surface area contributed by atoms with Gasteiger partial charge >= 0.3 is 0 Å². The number of benzene rings is 1. The Bertz CT molecular complexity index is 1500. The number of carbonyl (C=O) groups is 1. The Hall–Kier alpha value is -4.31. The van der Waals surface area contributed by atoms with Crippen LogP contribution in [0.4, 0.5) is 17.3 Å². The molecule has 1 aromatic carbocycles. The van der Waals surface area contributed by atoms with Crippen LogP contribution < -0.4 is 16.2 Å². The van der Waals surface area contributed by atoms with Crippen LogP contribution in [0.1, 0.15) is 24.4 Å². The van der Waals surface area contributed by atoms with Crippen LogP contribution in [-0.2, 0) is 4.79 Å². The number of aryl methyl sites for hydroxylation is 1. The van der Waals surface area contributed by atoms with E-state index in [0.29, 0.717) is 29.0 Å². The minimum absolute atomic E-state index is 0.230. The number of hydrogen-bond acceptors (Lipinski definition) is 7. The highest BCUT2D eigenvalue weighted by molar-refractivity contribution is 5.99. The van der Waals surface area contributed by atoms with Crippen molar-refractivity contribution >= 4 is 34.3 Å². The van der Waals surface area contributed by atoms with Crippen molar-refractivity contribution < 1.29 is 4.79 Å². The van der Waals surface area contributed by atoms with E-state index in [4.69, 9.17) is 4.98 Å². The zero-order chi connectivity index (χ0) is 25.2. The number of rotatable bonds is 6. The molecule has 1 saturated heterocycles. The van der Waals surface area contributed by atoms with Crippen molar-refractivity contribution in [2.45, 2.75) is 25.8 Å². The van der Waals surface area contributed by atoms with E-state index >= 15 is 0 Å². The number of amides is 1. The molecule has 1 fully saturated rings. The number of anilines is 3. The first-order valence-electron chi connectivity index (χ1n) is 11.8. The molecule has 184 valence electrons.